The van der Waals surface area contributed by atoms with Crippen LogP contribution in [0.15, 0.2) is 24.4 Å². The molecule has 2 aromatic heterocycles. The van der Waals surface area contributed by atoms with E-state index in [2.05, 4.69) is 4.98 Å². The van der Waals surface area contributed by atoms with Crippen molar-refractivity contribution in [1.82, 2.24) is 9.38 Å². The van der Waals surface area contributed by atoms with Gasteiger partial charge < -0.3 is 14.2 Å². The molecule has 0 saturated carbocycles. The van der Waals surface area contributed by atoms with Crippen LogP contribution in [0.1, 0.15) is 51.3 Å². The van der Waals surface area contributed by atoms with E-state index in [1.807, 2.05) is 19.9 Å². The van der Waals surface area contributed by atoms with Gasteiger partial charge >= 0.3 is 5.97 Å². The van der Waals surface area contributed by atoms with Crippen LogP contribution < -0.4 is 4.74 Å². The Morgan fingerprint density at radius 3 is 2.85 bits per heavy atom. The van der Waals surface area contributed by atoms with Gasteiger partial charge in [0.2, 0.25) is 0 Å². The van der Waals surface area contributed by atoms with Crippen molar-refractivity contribution in [1.29, 1.82) is 0 Å². The summed E-state index contributed by atoms with van der Waals surface area (Å²) in [7, 11) is 0. The highest BCUT2D eigenvalue weighted by Gasteiger charge is 2.45. The normalized spacial score (nSPS) is 20.6. The summed E-state index contributed by atoms with van der Waals surface area (Å²) in [5, 5.41) is 9.71. The molecule has 0 fully saturated rings. The predicted octanol–water partition coefficient (Wildman–Crippen LogP) is 3.96. The third kappa shape index (κ3) is 2.16. The molecule has 1 unspecified atom stereocenters. The van der Waals surface area contributed by atoms with Gasteiger partial charge in [-0.1, -0.05) is 6.07 Å². The van der Waals surface area contributed by atoms with E-state index in [0.29, 0.717) is 29.8 Å². The van der Waals surface area contributed by atoms with Crippen LogP contribution >= 0.6 is 0 Å². The molecule has 1 aromatic carbocycles. The number of ether oxygens (including phenoxy) is 1. The summed E-state index contributed by atoms with van der Waals surface area (Å²) in [6.07, 6.45) is 4.42. The Morgan fingerprint density at radius 1 is 1.30 bits per heavy atom. The number of fused-ring (bicyclic) bond motifs is 5. The zero-order valence-corrected chi connectivity index (χ0v) is 15.2. The Labute approximate surface area is 155 Å². The van der Waals surface area contributed by atoms with Gasteiger partial charge in [-0.2, -0.15) is 0 Å². The summed E-state index contributed by atoms with van der Waals surface area (Å²) >= 11 is 0. The van der Waals surface area contributed by atoms with Gasteiger partial charge in [-0.05, 0) is 62.8 Å². The number of carbonyl (C=O) groups is 1. The molecule has 1 aliphatic heterocycles. The molecule has 5 rings (SSSR count). The van der Waals surface area contributed by atoms with Gasteiger partial charge in [0.05, 0.1) is 11.3 Å². The molecule has 138 valence electrons. The summed E-state index contributed by atoms with van der Waals surface area (Å²) < 4.78 is 22.0. The predicted molar refractivity (Wildman–Crippen MR) is 97.0 cm³/mol. The van der Waals surface area contributed by atoms with Gasteiger partial charge in [-0.25, -0.2) is 14.2 Å². The van der Waals surface area contributed by atoms with Crippen molar-refractivity contribution in [2.45, 2.75) is 45.1 Å². The first-order valence-corrected chi connectivity index (χ1v) is 9.12. The molecule has 1 spiro atoms. The minimum Gasteiger partial charge on any atom is -0.478 e. The molecule has 1 atom stereocenters. The van der Waals surface area contributed by atoms with Crippen LogP contribution in [0.2, 0.25) is 0 Å². The van der Waals surface area contributed by atoms with Crippen LogP contribution in [0.4, 0.5) is 4.39 Å². The fourth-order valence-electron chi connectivity index (χ4n) is 4.57. The monoisotopic (exact) mass is 366 g/mol. The van der Waals surface area contributed by atoms with Crippen LogP contribution in [-0.2, 0) is 18.4 Å². The fourth-order valence-corrected chi connectivity index (χ4v) is 4.57. The number of halogens is 1. The molecule has 2 aliphatic rings. The number of benzene rings is 1. The van der Waals surface area contributed by atoms with E-state index in [9.17, 15) is 14.3 Å². The topological polar surface area (TPSA) is 63.8 Å². The summed E-state index contributed by atoms with van der Waals surface area (Å²) in [5.74, 6) is -0.654. The van der Waals surface area contributed by atoms with Crippen LogP contribution in [0.3, 0.4) is 0 Å². The lowest BCUT2D eigenvalue weighted by atomic mass is 9.85. The van der Waals surface area contributed by atoms with Crippen molar-refractivity contribution >= 4 is 11.6 Å². The molecular formula is C21H19FN2O3. The quantitative estimate of drug-likeness (QED) is 0.708. The summed E-state index contributed by atoms with van der Waals surface area (Å²) in [6.45, 7) is 3.82. The van der Waals surface area contributed by atoms with Gasteiger partial charge in [0.1, 0.15) is 11.4 Å². The number of hydrogen-bond donors (Lipinski definition) is 1. The first-order chi connectivity index (χ1) is 12.9. The van der Waals surface area contributed by atoms with E-state index in [0.717, 1.165) is 35.4 Å². The Morgan fingerprint density at radius 2 is 2.07 bits per heavy atom. The fraction of sp³-hybridized carbons (Fsp3) is 0.333. The van der Waals surface area contributed by atoms with Gasteiger partial charge in [0.15, 0.2) is 11.4 Å². The van der Waals surface area contributed by atoms with Crippen molar-refractivity contribution in [3.8, 4) is 5.75 Å². The second-order valence-corrected chi connectivity index (χ2v) is 7.53. The zero-order chi connectivity index (χ0) is 18.9. The van der Waals surface area contributed by atoms with E-state index in [-0.39, 0.29) is 11.4 Å². The second kappa shape index (κ2) is 5.31. The average Bonchev–Trinajstić information content (AvgIpc) is 3.12. The largest absolute Gasteiger partial charge is 0.478 e. The SMILES string of the molecule is Cc1nc2c3c(c(C(=O)O)cn2c1C)CCC1(CCc2cc(F)ccc21)O3. The molecule has 3 aromatic rings. The van der Waals surface area contributed by atoms with Crippen molar-refractivity contribution in [2.24, 2.45) is 0 Å². The number of pyridine rings is 1. The first kappa shape index (κ1) is 16.3. The van der Waals surface area contributed by atoms with Crippen LogP contribution in [0, 0.1) is 19.7 Å². The maximum Gasteiger partial charge on any atom is 0.337 e. The summed E-state index contributed by atoms with van der Waals surface area (Å²) in [5.41, 5.74) is 4.78. The third-order valence-corrected chi connectivity index (χ3v) is 6.11. The number of aromatic carboxylic acids is 1. The number of carboxylic acids is 1. The minimum atomic E-state index is -0.965. The average molecular weight is 366 g/mol. The third-order valence-electron chi connectivity index (χ3n) is 6.11. The highest BCUT2D eigenvalue weighted by Crippen LogP contribution is 2.49. The Hall–Kier alpha value is -2.89. The van der Waals surface area contributed by atoms with Gasteiger partial charge in [-0.3, -0.25) is 0 Å². The standard InChI is InChI=1S/C21H19FN2O3/c1-11-12(2)24-10-16(20(25)26)15-6-8-21(27-18(15)19(24)23-11)7-5-13-9-14(22)3-4-17(13)21/h3-4,9-10H,5-8H2,1-2H3,(H,25,26). The van der Waals surface area contributed by atoms with Crippen LogP contribution in [-0.4, -0.2) is 20.5 Å². The molecule has 0 amide bonds. The smallest absolute Gasteiger partial charge is 0.337 e. The number of carboxylic acid groups (broad SMARTS) is 1. The van der Waals surface area contributed by atoms with Crippen molar-refractivity contribution < 1.29 is 19.0 Å². The van der Waals surface area contributed by atoms with Crippen molar-refractivity contribution in [2.75, 3.05) is 0 Å². The van der Waals surface area contributed by atoms with E-state index >= 15 is 0 Å². The maximum absolute atomic E-state index is 13.6. The Bertz CT molecular complexity index is 1130. The van der Waals surface area contributed by atoms with E-state index in [1.54, 1.807) is 16.7 Å². The molecule has 27 heavy (non-hydrogen) atoms. The lowest BCUT2D eigenvalue weighted by Crippen LogP contribution is -2.35. The van der Waals surface area contributed by atoms with Gasteiger partial charge in [0.25, 0.3) is 0 Å². The first-order valence-electron chi connectivity index (χ1n) is 9.12. The number of rotatable bonds is 1. The molecule has 6 heteroatoms. The number of aromatic nitrogens is 2. The highest BCUT2D eigenvalue weighted by atomic mass is 19.1. The molecule has 3 heterocycles. The Balaban J connectivity index is 1.74. The highest BCUT2D eigenvalue weighted by molar-refractivity contribution is 5.91. The zero-order valence-electron chi connectivity index (χ0n) is 15.2. The van der Waals surface area contributed by atoms with Crippen LogP contribution in [0.5, 0.6) is 5.75 Å². The summed E-state index contributed by atoms with van der Waals surface area (Å²) in [4.78, 5) is 16.5. The van der Waals surface area contributed by atoms with E-state index < -0.39 is 11.6 Å². The van der Waals surface area contributed by atoms with Gasteiger partial charge in [0, 0.05) is 17.5 Å². The van der Waals surface area contributed by atoms with Crippen molar-refractivity contribution in [3.05, 3.63) is 63.9 Å². The molecule has 0 saturated heterocycles. The minimum absolute atomic E-state index is 0.239. The lowest BCUT2D eigenvalue weighted by molar-refractivity contribution is 0.0444. The molecule has 0 radical (unpaired) electrons. The number of imidazole rings is 1. The number of aryl methyl sites for hydroxylation is 3. The van der Waals surface area contributed by atoms with Crippen molar-refractivity contribution in [3.63, 3.8) is 0 Å². The number of hydrogen-bond acceptors (Lipinski definition) is 3. The molecule has 0 bridgehead atoms. The Kier molecular flexibility index (Phi) is 3.21. The van der Waals surface area contributed by atoms with E-state index in [4.69, 9.17) is 4.74 Å². The summed E-state index contributed by atoms with van der Waals surface area (Å²) in [6, 6.07) is 4.86. The van der Waals surface area contributed by atoms with Crippen LogP contribution in [0.25, 0.3) is 5.65 Å². The molecule has 1 aliphatic carbocycles. The second-order valence-electron chi connectivity index (χ2n) is 7.53. The molecule has 1 N–H and O–H groups in total. The molecule has 5 nitrogen and oxygen atoms in total. The van der Waals surface area contributed by atoms with Gasteiger partial charge in [-0.15, -0.1) is 0 Å². The lowest BCUT2D eigenvalue weighted by Gasteiger charge is -2.37. The molecular weight excluding hydrogens is 347 g/mol. The maximum atomic E-state index is 13.6. The number of nitrogens with zero attached hydrogens (tertiary/aromatic N) is 2. The van der Waals surface area contributed by atoms with E-state index in [1.165, 1.54) is 6.07 Å².